The molecule has 1 heterocycles. The summed E-state index contributed by atoms with van der Waals surface area (Å²) in [5, 5.41) is 0. The van der Waals surface area contributed by atoms with Gasteiger partial charge in [0.15, 0.2) is 0 Å². The van der Waals surface area contributed by atoms with Crippen molar-refractivity contribution in [3.8, 4) is 0 Å². The summed E-state index contributed by atoms with van der Waals surface area (Å²) < 4.78 is 51.0. The Morgan fingerprint density at radius 1 is 0.852 bits per heavy atom. The molecule has 27 heavy (non-hydrogen) atoms. The Labute approximate surface area is 158 Å². The summed E-state index contributed by atoms with van der Waals surface area (Å²) in [5.41, 5.74) is 1.01. The first-order chi connectivity index (χ1) is 12.4. The van der Waals surface area contributed by atoms with Gasteiger partial charge in [0, 0.05) is 5.92 Å². The predicted molar refractivity (Wildman–Crippen MR) is 101 cm³/mol. The smallest absolute Gasteiger partial charge is 0.399 e. The van der Waals surface area contributed by atoms with Gasteiger partial charge in [0.1, 0.15) is 0 Å². The van der Waals surface area contributed by atoms with Crippen molar-refractivity contribution in [3.05, 3.63) is 65.2 Å². The molecule has 1 atom stereocenters. The lowest BCUT2D eigenvalue weighted by atomic mass is 9.78. The van der Waals surface area contributed by atoms with E-state index >= 15 is 0 Å². The average molecular weight is 376 g/mol. The number of hydrogen-bond donors (Lipinski definition) is 0. The van der Waals surface area contributed by atoms with E-state index in [0.29, 0.717) is 5.56 Å². The Hall–Kier alpha value is -1.79. The van der Waals surface area contributed by atoms with Crippen LogP contribution in [0.2, 0.25) is 0 Å². The maximum absolute atomic E-state index is 13.0. The van der Waals surface area contributed by atoms with Crippen LogP contribution >= 0.6 is 0 Å². The van der Waals surface area contributed by atoms with Gasteiger partial charge in [-0.2, -0.15) is 13.2 Å². The third-order valence-electron chi connectivity index (χ3n) is 5.68. The molecule has 0 spiro atoms. The van der Waals surface area contributed by atoms with E-state index in [2.05, 4.69) is 0 Å². The van der Waals surface area contributed by atoms with E-state index < -0.39 is 30.1 Å². The van der Waals surface area contributed by atoms with E-state index in [1.807, 2.05) is 58.9 Å². The van der Waals surface area contributed by atoms with E-state index in [9.17, 15) is 13.2 Å². The van der Waals surface area contributed by atoms with Crippen molar-refractivity contribution >= 4 is 12.6 Å². The quantitative estimate of drug-likeness (QED) is 0.690. The molecule has 1 fully saturated rings. The molecule has 1 aliphatic heterocycles. The lowest BCUT2D eigenvalue weighted by molar-refractivity contribution is -0.137. The van der Waals surface area contributed by atoms with Crippen LogP contribution in [0.5, 0.6) is 0 Å². The fourth-order valence-electron chi connectivity index (χ4n) is 3.10. The molecule has 0 N–H and O–H groups in total. The average Bonchev–Trinajstić information content (AvgIpc) is 2.81. The molecule has 0 aliphatic carbocycles. The summed E-state index contributed by atoms with van der Waals surface area (Å²) in [4.78, 5) is 0. The third-order valence-corrected chi connectivity index (χ3v) is 5.68. The van der Waals surface area contributed by atoms with E-state index in [-0.39, 0.29) is 5.92 Å². The van der Waals surface area contributed by atoms with Crippen LogP contribution in [0.3, 0.4) is 0 Å². The molecular formula is C21H24BF3O2. The Morgan fingerprint density at radius 2 is 1.41 bits per heavy atom. The van der Waals surface area contributed by atoms with Gasteiger partial charge in [0.05, 0.1) is 16.8 Å². The second-order valence-corrected chi connectivity index (χ2v) is 8.10. The summed E-state index contributed by atoms with van der Waals surface area (Å²) in [5.74, 6) is -0.153. The van der Waals surface area contributed by atoms with Crippen molar-refractivity contribution in [1.82, 2.24) is 0 Å². The zero-order chi connectivity index (χ0) is 20.0. The molecule has 0 saturated carbocycles. The highest BCUT2D eigenvalue weighted by molar-refractivity contribution is 6.62. The molecule has 0 radical (unpaired) electrons. The zero-order valence-corrected chi connectivity index (χ0v) is 16.2. The minimum atomic E-state index is -4.34. The van der Waals surface area contributed by atoms with Crippen LogP contribution in [0.15, 0.2) is 48.5 Å². The molecule has 2 aromatic carbocycles. The fourth-order valence-corrected chi connectivity index (χ4v) is 3.10. The molecule has 2 aromatic rings. The van der Waals surface area contributed by atoms with Crippen molar-refractivity contribution in [2.75, 3.05) is 0 Å². The monoisotopic (exact) mass is 376 g/mol. The van der Waals surface area contributed by atoms with Gasteiger partial charge < -0.3 is 9.31 Å². The second-order valence-electron chi connectivity index (χ2n) is 8.10. The maximum Gasteiger partial charge on any atom is 0.494 e. The van der Waals surface area contributed by atoms with Crippen molar-refractivity contribution in [1.29, 1.82) is 0 Å². The van der Waals surface area contributed by atoms with E-state index in [0.717, 1.165) is 17.1 Å². The van der Waals surface area contributed by atoms with Crippen molar-refractivity contribution in [3.63, 3.8) is 0 Å². The van der Waals surface area contributed by atoms with E-state index in [4.69, 9.17) is 9.31 Å². The zero-order valence-electron chi connectivity index (χ0n) is 16.2. The minimum Gasteiger partial charge on any atom is -0.399 e. The number of rotatable bonds is 3. The lowest BCUT2D eigenvalue weighted by Crippen LogP contribution is -2.41. The molecule has 0 unspecified atom stereocenters. The molecule has 144 valence electrons. The van der Waals surface area contributed by atoms with Gasteiger partial charge in [-0.3, -0.25) is 0 Å². The van der Waals surface area contributed by atoms with Crippen LogP contribution in [0.1, 0.15) is 57.2 Å². The minimum absolute atomic E-state index is 0.153. The summed E-state index contributed by atoms with van der Waals surface area (Å²) >= 11 is 0. The van der Waals surface area contributed by atoms with Crippen molar-refractivity contribution in [2.24, 2.45) is 0 Å². The fraction of sp³-hybridized carbons (Fsp3) is 0.429. The van der Waals surface area contributed by atoms with Crippen LogP contribution in [0.4, 0.5) is 13.2 Å². The molecular weight excluding hydrogens is 352 g/mol. The predicted octanol–water partition coefficient (Wildman–Crippen LogP) is 5.16. The molecule has 0 aromatic heterocycles. The van der Waals surface area contributed by atoms with Crippen molar-refractivity contribution < 1.29 is 22.5 Å². The Balaban J connectivity index is 1.80. The topological polar surface area (TPSA) is 18.5 Å². The molecule has 2 nitrogen and oxygen atoms in total. The normalized spacial score (nSPS) is 19.9. The van der Waals surface area contributed by atoms with Crippen LogP contribution in [-0.4, -0.2) is 18.3 Å². The summed E-state index contributed by atoms with van der Waals surface area (Å²) in [6.45, 7) is 9.89. The molecule has 0 amide bonds. The number of alkyl halides is 3. The Morgan fingerprint density at radius 3 is 1.93 bits per heavy atom. The van der Waals surface area contributed by atoms with Gasteiger partial charge >= 0.3 is 13.3 Å². The second kappa shape index (κ2) is 6.68. The van der Waals surface area contributed by atoms with E-state index in [1.54, 1.807) is 6.07 Å². The summed E-state index contributed by atoms with van der Waals surface area (Å²) in [7, 11) is -0.451. The molecule has 0 bridgehead atoms. The van der Waals surface area contributed by atoms with Gasteiger partial charge in [0.25, 0.3) is 0 Å². The van der Waals surface area contributed by atoms with Crippen LogP contribution in [0.25, 0.3) is 0 Å². The van der Waals surface area contributed by atoms with Gasteiger partial charge in [-0.25, -0.2) is 0 Å². The highest BCUT2D eigenvalue weighted by Crippen LogP contribution is 2.37. The first-order valence-corrected chi connectivity index (χ1v) is 9.03. The van der Waals surface area contributed by atoms with Gasteiger partial charge in [-0.15, -0.1) is 0 Å². The first-order valence-electron chi connectivity index (χ1n) is 9.03. The number of benzene rings is 2. The van der Waals surface area contributed by atoms with Crippen LogP contribution < -0.4 is 5.46 Å². The summed E-state index contributed by atoms with van der Waals surface area (Å²) in [6, 6.07) is 13.2. The van der Waals surface area contributed by atoms with E-state index in [1.165, 1.54) is 12.1 Å². The standard InChI is InChI=1S/C21H24BF3O2/c1-14(16-7-6-8-17(13-16)21(23,24)25)15-9-11-18(12-10-15)22-26-19(2,3)20(4,5)27-22/h6-14H,1-5H3/t14-/m0/s1. The van der Waals surface area contributed by atoms with Gasteiger partial charge in [-0.05, 0) is 50.4 Å². The maximum atomic E-state index is 13.0. The third kappa shape index (κ3) is 3.92. The Kier molecular flexibility index (Phi) is 4.94. The number of hydrogen-bond acceptors (Lipinski definition) is 2. The molecule has 1 aliphatic rings. The highest BCUT2D eigenvalue weighted by atomic mass is 19.4. The van der Waals surface area contributed by atoms with Crippen molar-refractivity contribution in [2.45, 2.75) is 57.9 Å². The lowest BCUT2D eigenvalue weighted by Gasteiger charge is -2.32. The molecule has 6 heteroatoms. The van der Waals surface area contributed by atoms with Crippen LogP contribution in [0, 0.1) is 0 Å². The summed E-state index contributed by atoms with van der Waals surface area (Å²) in [6.07, 6.45) is -4.34. The molecule has 3 rings (SSSR count). The number of halogens is 3. The SMILES string of the molecule is C[C@@H](c1ccc(B2OC(C)(C)C(C)(C)O2)cc1)c1cccc(C(F)(F)F)c1. The van der Waals surface area contributed by atoms with Gasteiger partial charge in [0.2, 0.25) is 0 Å². The first kappa shape index (κ1) is 20.0. The highest BCUT2D eigenvalue weighted by Gasteiger charge is 2.51. The van der Waals surface area contributed by atoms with Gasteiger partial charge in [-0.1, -0.05) is 49.4 Å². The Bertz CT molecular complexity index is 797. The molecule has 1 saturated heterocycles. The van der Waals surface area contributed by atoms with Crippen LogP contribution in [-0.2, 0) is 15.5 Å². The largest absolute Gasteiger partial charge is 0.494 e.